The Morgan fingerprint density at radius 3 is 2.20 bits per heavy atom. The van der Waals surface area contributed by atoms with Gasteiger partial charge in [0.25, 0.3) is 0 Å². The van der Waals surface area contributed by atoms with Crippen molar-refractivity contribution in [3.8, 4) is 0 Å². The second-order valence-electron chi connectivity index (χ2n) is 3.33. The molecule has 0 fully saturated rings. The molecule has 0 aliphatic rings. The van der Waals surface area contributed by atoms with Crippen molar-refractivity contribution in [1.82, 2.24) is 16.0 Å². The van der Waals surface area contributed by atoms with Crippen molar-refractivity contribution in [3.63, 3.8) is 0 Å². The Morgan fingerprint density at radius 1 is 0.933 bits per heavy atom. The lowest BCUT2D eigenvalue weighted by molar-refractivity contribution is -0.0120. The van der Waals surface area contributed by atoms with E-state index in [1.807, 2.05) is 21.1 Å². The SMILES string of the molecule is CNCCOC[C@H](CNC)OCCNC. The normalized spacial score (nSPS) is 13.0. The molecule has 3 N–H and O–H groups in total. The molecule has 0 bridgehead atoms. The van der Waals surface area contributed by atoms with Crippen molar-refractivity contribution in [2.75, 3.05) is 60.6 Å². The zero-order chi connectivity index (χ0) is 11.4. The Balaban J connectivity index is 3.44. The Bertz CT molecular complexity index is 125. The van der Waals surface area contributed by atoms with Gasteiger partial charge in [-0.15, -0.1) is 0 Å². The van der Waals surface area contributed by atoms with E-state index in [-0.39, 0.29) is 6.10 Å². The zero-order valence-electron chi connectivity index (χ0n) is 10.1. The van der Waals surface area contributed by atoms with Crippen molar-refractivity contribution < 1.29 is 9.47 Å². The average Bonchev–Trinajstić information content (AvgIpc) is 2.24. The van der Waals surface area contributed by atoms with Gasteiger partial charge in [0.2, 0.25) is 0 Å². The van der Waals surface area contributed by atoms with Crippen LogP contribution in [-0.2, 0) is 9.47 Å². The first-order chi connectivity index (χ1) is 7.35. The Hall–Kier alpha value is -0.200. The van der Waals surface area contributed by atoms with Gasteiger partial charge in [-0.05, 0) is 21.1 Å². The van der Waals surface area contributed by atoms with E-state index in [0.29, 0.717) is 6.61 Å². The molecule has 1 atom stereocenters. The number of hydrogen-bond acceptors (Lipinski definition) is 5. The maximum Gasteiger partial charge on any atom is 0.0932 e. The van der Waals surface area contributed by atoms with E-state index in [2.05, 4.69) is 16.0 Å². The first-order valence-corrected chi connectivity index (χ1v) is 5.48. The summed E-state index contributed by atoms with van der Waals surface area (Å²) in [4.78, 5) is 0. The van der Waals surface area contributed by atoms with Gasteiger partial charge in [0.05, 0.1) is 25.9 Å². The van der Waals surface area contributed by atoms with Crippen LogP contribution in [0.1, 0.15) is 0 Å². The molecule has 0 aliphatic carbocycles. The quantitative estimate of drug-likeness (QED) is 0.391. The summed E-state index contributed by atoms with van der Waals surface area (Å²) < 4.78 is 11.1. The van der Waals surface area contributed by atoms with Crippen LogP contribution in [0.2, 0.25) is 0 Å². The fourth-order valence-electron chi connectivity index (χ4n) is 1.11. The monoisotopic (exact) mass is 219 g/mol. The summed E-state index contributed by atoms with van der Waals surface area (Å²) in [5.74, 6) is 0. The van der Waals surface area contributed by atoms with Gasteiger partial charge in [-0.25, -0.2) is 0 Å². The summed E-state index contributed by atoms with van der Waals surface area (Å²) >= 11 is 0. The summed E-state index contributed by atoms with van der Waals surface area (Å²) in [7, 11) is 5.75. The van der Waals surface area contributed by atoms with Crippen LogP contribution >= 0.6 is 0 Å². The Labute approximate surface area is 92.9 Å². The van der Waals surface area contributed by atoms with Gasteiger partial charge in [0, 0.05) is 19.6 Å². The third-order valence-electron chi connectivity index (χ3n) is 1.94. The van der Waals surface area contributed by atoms with Crippen molar-refractivity contribution in [2.45, 2.75) is 6.10 Å². The van der Waals surface area contributed by atoms with Crippen molar-refractivity contribution >= 4 is 0 Å². The van der Waals surface area contributed by atoms with Crippen molar-refractivity contribution in [1.29, 1.82) is 0 Å². The van der Waals surface area contributed by atoms with Crippen LogP contribution in [0.25, 0.3) is 0 Å². The second kappa shape index (κ2) is 11.9. The van der Waals surface area contributed by atoms with E-state index in [9.17, 15) is 0 Å². The highest BCUT2D eigenvalue weighted by atomic mass is 16.5. The molecule has 0 saturated heterocycles. The number of nitrogens with one attached hydrogen (secondary N) is 3. The maximum absolute atomic E-state index is 5.63. The molecule has 5 nitrogen and oxygen atoms in total. The van der Waals surface area contributed by atoms with E-state index >= 15 is 0 Å². The molecule has 5 heteroatoms. The summed E-state index contributed by atoms with van der Waals surface area (Å²) in [5, 5.41) is 9.17. The topological polar surface area (TPSA) is 54.5 Å². The minimum absolute atomic E-state index is 0.139. The van der Waals surface area contributed by atoms with Crippen LogP contribution < -0.4 is 16.0 Å². The van der Waals surface area contributed by atoms with Crippen molar-refractivity contribution in [2.24, 2.45) is 0 Å². The Morgan fingerprint density at radius 2 is 1.60 bits per heavy atom. The van der Waals surface area contributed by atoms with Gasteiger partial charge in [0.1, 0.15) is 0 Å². The van der Waals surface area contributed by atoms with Gasteiger partial charge in [-0.1, -0.05) is 0 Å². The minimum Gasteiger partial charge on any atom is -0.377 e. The van der Waals surface area contributed by atoms with Gasteiger partial charge in [0.15, 0.2) is 0 Å². The molecule has 0 heterocycles. The third-order valence-corrected chi connectivity index (χ3v) is 1.94. The molecule has 0 rings (SSSR count). The number of hydrogen-bond donors (Lipinski definition) is 3. The zero-order valence-corrected chi connectivity index (χ0v) is 10.1. The number of ether oxygens (including phenoxy) is 2. The highest BCUT2D eigenvalue weighted by molar-refractivity contribution is 4.59. The number of rotatable bonds is 11. The fraction of sp³-hybridized carbons (Fsp3) is 1.00. The van der Waals surface area contributed by atoms with Crippen LogP contribution in [0, 0.1) is 0 Å². The fourth-order valence-corrected chi connectivity index (χ4v) is 1.11. The van der Waals surface area contributed by atoms with E-state index < -0.39 is 0 Å². The van der Waals surface area contributed by atoms with E-state index in [4.69, 9.17) is 9.47 Å². The molecule has 0 aromatic heterocycles. The predicted octanol–water partition coefficient (Wildman–Crippen LogP) is -0.954. The average molecular weight is 219 g/mol. The molecule has 0 amide bonds. The summed E-state index contributed by atoms with van der Waals surface area (Å²) in [6, 6.07) is 0. The lowest BCUT2D eigenvalue weighted by Crippen LogP contribution is -2.33. The molecule has 0 spiro atoms. The van der Waals surface area contributed by atoms with E-state index in [1.165, 1.54) is 0 Å². The molecule has 15 heavy (non-hydrogen) atoms. The molecule has 92 valence electrons. The highest BCUT2D eigenvalue weighted by Crippen LogP contribution is 1.91. The largest absolute Gasteiger partial charge is 0.377 e. The molecular formula is C10H25N3O2. The van der Waals surface area contributed by atoms with Crippen LogP contribution in [0.4, 0.5) is 0 Å². The standard InChI is InChI=1S/C10H25N3O2/c1-11-4-6-14-9-10(8-13-3)15-7-5-12-2/h10-13H,4-9H2,1-3H3/t10-/m0/s1. The first kappa shape index (κ1) is 14.8. The predicted molar refractivity (Wildman–Crippen MR) is 62.3 cm³/mol. The molecule has 0 saturated carbocycles. The van der Waals surface area contributed by atoms with Gasteiger partial charge in [-0.2, -0.15) is 0 Å². The number of likely N-dealkylation sites (N-methyl/N-ethyl adjacent to an activating group) is 3. The smallest absolute Gasteiger partial charge is 0.0932 e. The van der Waals surface area contributed by atoms with Gasteiger partial charge < -0.3 is 25.4 Å². The van der Waals surface area contributed by atoms with Crippen molar-refractivity contribution in [3.05, 3.63) is 0 Å². The second-order valence-corrected chi connectivity index (χ2v) is 3.33. The molecule has 0 aromatic carbocycles. The summed E-state index contributed by atoms with van der Waals surface area (Å²) in [6.45, 7) is 4.67. The van der Waals surface area contributed by atoms with Gasteiger partial charge >= 0.3 is 0 Å². The lowest BCUT2D eigenvalue weighted by atomic mass is 10.3. The van der Waals surface area contributed by atoms with E-state index in [0.717, 1.165) is 32.8 Å². The molecule has 0 unspecified atom stereocenters. The minimum atomic E-state index is 0.139. The van der Waals surface area contributed by atoms with Crippen LogP contribution in [-0.4, -0.2) is 66.7 Å². The first-order valence-electron chi connectivity index (χ1n) is 5.48. The van der Waals surface area contributed by atoms with Crippen LogP contribution in [0.15, 0.2) is 0 Å². The lowest BCUT2D eigenvalue weighted by Gasteiger charge is -2.17. The van der Waals surface area contributed by atoms with Crippen LogP contribution in [0.3, 0.4) is 0 Å². The molecular weight excluding hydrogens is 194 g/mol. The maximum atomic E-state index is 5.63. The summed E-state index contributed by atoms with van der Waals surface area (Å²) in [5.41, 5.74) is 0. The summed E-state index contributed by atoms with van der Waals surface area (Å²) in [6.07, 6.45) is 0.139. The van der Waals surface area contributed by atoms with Crippen LogP contribution in [0.5, 0.6) is 0 Å². The molecule has 0 aromatic rings. The third kappa shape index (κ3) is 10.1. The molecule has 0 aliphatic heterocycles. The van der Waals surface area contributed by atoms with E-state index in [1.54, 1.807) is 0 Å². The Kier molecular flexibility index (Phi) is 11.7. The molecule has 0 radical (unpaired) electrons. The highest BCUT2D eigenvalue weighted by Gasteiger charge is 2.07. The van der Waals surface area contributed by atoms with Gasteiger partial charge in [-0.3, -0.25) is 0 Å².